The quantitative estimate of drug-likeness (QED) is 0.835. The number of carbonyl (C=O) groups excluding carboxylic acids is 1. The number of hydrogen-bond donors (Lipinski definition) is 0. The fourth-order valence-electron chi connectivity index (χ4n) is 3.00. The van der Waals surface area contributed by atoms with Gasteiger partial charge in [0.2, 0.25) is 5.91 Å². The third-order valence-electron chi connectivity index (χ3n) is 4.34. The van der Waals surface area contributed by atoms with Crippen LogP contribution in [0.3, 0.4) is 0 Å². The number of benzene rings is 1. The predicted octanol–water partition coefficient (Wildman–Crippen LogP) is 4.36. The van der Waals surface area contributed by atoms with E-state index in [9.17, 15) is 4.79 Å². The average Bonchev–Trinajstić information content (AvgIpc) is 3.17. The van der Waals surface area contributed by atoms with Gasteiger partial charge in [0, 0.05) is 17.6 Å². The van der Waals surface area contributed by atoms with Gasteiger partial charge in [0.1, 0.15) is 0 Å². The number of carbonyl (C=O) groups is 1. The molecule has 0 radical (unpaired) electrons. The Balaban J connectivity index is 1.75. The normalized spacial score (nSPS) is 17.9. The Morgan fingerprint density at radius 1 is 1.43 bits per heavy atom. The van der Waals surface area contributed by atoms with Crippen LogP contribution in [0, 0.1) is 0 Å². The van der Waals surface area contributed by atoms with Crippen LogP contribution in [0.2, 0.25) is 5.02 Å². The Bertz CT molecular complexity index is 696. The van der Waals surface area contributed by atoms with Crippen molar-refractivity contribution in [2.75, 3.05) is 6.54 Å². The first-order chi connectivity index (χ1) is 11.1. The Kier molecular flexibility index (Phi) is 4.71. The molecule has 0 saturated carbocycles. The van der Waals surface area contributed by atoms with E-state index < -0.39 is 0 Å². The maximum absolute atomic E-state index is 12.7. The minimum absolute atomic E-state index is 0.00927. The highest BCUT2D eigenvalue weighted by molar-refractivity contribution is 6.31. The molecule has 1 aliphatic rings. The molecule has 3 rings (SSSR count). The van der Waals surface area contributed by atoms with Crippen molar-refractivity contribution in [2.24, 2.45) is 0 Å². The van der Waals surface area contributed by atoms with E-state index in [2.05, 4.69) is 19.0 Å². The van der Waals surface area contributed by atoms with Gasteiger partial charge in [-0.1, -0.05) is 48.8 Å². The zero-order valence-corrected chi connectivity index (χ0v) is 14.2. The van der Waals surface area contributed by atoms with Gasteiger partial charge >= 0.3 is 0 Å². The van der Waals surface area contributed by atoms with E-state index in [4.69, 9.17) is 16.1 Å². The van der Waals surface area contributed by atoms with Crippen molar-refractivity contribution in [3.05, 3.63) is 52.4 Å². The monoisotopic (exact) mass is 332 g/mol. The van der Waals surface area contributed by atoms with E-state index in [0.29, 0.717) is 17.4 Å². The average molecular weight is 333 g/mol. The third kappa shape index (κ3) is 3.42. The fourth-order valence-corrected chi connectivity index (χ4v) is 3.20. The molecule has 122 valence electrons. The summed E-state index contributed by atoms with van der Waals surface area (Å²) in [5.74, 6) is 1.20. The molecular formula is C18H21ClN2O2. The van der Waals surface area contributed by atoms with E-state index in [1.54, 1.807) is 0 Å². The highest BCUT2D eigenvalue weighted by Crippen LogP contribution is 2.34. The Labute approximate surface area is 141 Å². The van der Waals surface area contributed by atoms with Gasteiger partial charge in [-0.05, 0) is 30.4 Å². The summed E-state index contributed by atoms with van der Waals surface area (Å²) >= 11 is 6.17. The van der Waals surface area contributed by atoms with Crippen molar-refractivity contribution >= 4 is 17.5 Å². The molecule has 1 atom stereocenters. The molecule has 1 aromatic heterocycles. The maximum Gasteiger partial charge on any atom is 0.227 e. The number of hydrogen-bond acceptors (Lipinski definition) is 3. The zero-order valence-electron chi connectivity index (χ0n) is 13.5. The minimum Gasteiger partial charge on any atom is -0.359 e. The molecule has 0 bridgehead atoms. The Morgan fingerprint density at radius 3 is 2.91 bits per heavy atom. The van der Waals surface area contributed by atoms with Crippen LogP contribution >= 0.6 is 11.6 Å². The van der Waals surface area contributed by atoms with Gasteiger partial charge in [-0.3, -0.25) is 4.79 Å². The number of nitrogens with zero attached hydrogens (tertiary/aromatic N) is 2. The molecule has 4 nitrogen and oxygen atoms in total. The van der Waals surface area contributed by atoms with Crippen molar-refractivity contribution < 1.29 is 9.32 Å². The minimum atomic E-state index is -0.00927. The van der Waals surface area contributed by atoms with Gasteiger partial charge in [0.25, 0.3) is 0 Å². The molecule has 0 aliphatic carbocycles. The number of amides is 1. The summed E-state index contributed by atoms with van der Waals surface area (Å²) in [6, 6.07) is 9.47. The highest BCUT2D eigenvalue weighted by Gasteiger charge is 2.33. The molecule has 1 aromatic carbocycles. The lowest BCUT2D eigenvalue weighted by atomic mass is 10.1. The molecule has 2 aromatic rings. The van der Waals surface area contributed by atoms with E-state index in [1.165, 1.54) is 0 Å². The largest absolute Gasteiger partial charge is 0.359 e. The summed E-state index contributed by atoms with van der Waals surface area (Å²) in [7, 11) is 0. The second-order valence-corrected chi connectivity index (χ2v) is 6.73. The lowest BCUT2D eigenvalue weighted by Crippen LogP contribution is -2.31. The van der Waals surface area contributed by atoms with Gasteiger partial charge in [-0.25, -0.2) is 0 Å². The van der Waals surface area contributed by atoms with Gasteiger partial charge < -0.3 is 9.42 Å². The SMILES string of the molecule is CC(C)c1cc([C@H]2CCCN2C(=O)Cc2ccccc2Cl)on1. The summed E-state index contributed by atoms with van der Waals surface area (Å²) in [5, 5.41) is 4.76. The van der Waals surface area contributed by atoms with Crippen LogP contribution in [0.15, 0.2) is 34.9 Å². The molecule has 5 heteroatoms. The summed E-state index contributed by atoms with van der Waals surface area (Å²) in [6.45, 7) is 4.92. The van der Waals surface area contributed by atoms with Crippen molar-refractivity contribution in [3.8, 4) is 0 Å². The smallest absolute Gasteiger partial charge is 0.227 e. The summed E-state index contributed by atoms with van der Waals surface area (Å²) in [6.07, 6.45) is 2.22. The lowest BCUT2D eigenvalue weighted by Gasteiger charge is -2.23. The number of halogens is 1. The highest BCUT2D eigenvalue weighted by atomic mass is 35.5. The molecule has 1 saturated heterocycles. The standard InChI is InChI=1S/C18H21ClN2O2/c1-12(2)15-11-17(23-20-15)16-8-5-9-21(16)18(22)10-13-6-3-4-7-14(13)19/h3-4,6-7,11-12,16H,5,8-10H2,1-2H3/t16-/m1/s1. The topological polar surface area (TPSA) is 46.3 Å². The van der Waals surface area contributed by atoms with Crippen LogP contribution in [0.4, 0.5) is 0 Å². The van der Waals surface area contributed by atoms with Gasteiger partial charge in [0.15, 0.2) is 5.76 Å². The molecule has 1 amide bonds. The van der Waals surface area contributed by atoms with Crippen LogP contribution in [0.5, 0.6) is 0 Å². The first kappa shape index (κ1) is 16.1. The zero-order chi connectivity index (χ0) is 16.4. The van der Waals surface area contributed by atoms with Crippen molar-refractivity contribution in [1.29, 1.82) is 0 Å². The number of likely N-dealkylation sites (tertiary alicyclic amines) is 1. The molecular weight excluding hydrogens is 312 g/mol. The van der Waals surface area contributed by atoms with Crippen LogP contribution in [0.1, 0.15) is 55.7 Å². The van der Waals surface area contributed by atoms with Crippen LogP contribution in [-0.2, 0) is 11.2 Å². The second kappa shape index (κ2) is 6.75. The van der Waals surface area contributed by atoms with Crippen molar-refractivity contribution in [1.82, 2.24) is 10.1 Å². The molecule has 1 aliphatic heterocycles. The van der Waals surface area contributed by atoms with Crippen molar-refractivity contribution in [2.45, 2.75) is 45.1 Å². The predicted molar refractivity (Wildman–Crippen MR) is 89.4 cm³/mol. The molecule has 1 fully saturated rings. The van der Waals surface area contributed by atoms with Crippen molar-refractivity contribution in [3.63, 3.8) is 0 Å². The summed E-state index contributed by atoms with van der Waals surface area (Å²) < 4.78 is 5.49. The molecule has 23 heavy (non-hydrogen) atoms. The molecule has 2 heterocycles. The van der Waals surface area contributed by atoms with Crippen LogP contribution < -0.4 is 0 Å². The van der Waals surface area contributed by atoms with Gasteiger partial charge in [0.05, 0.1) is 18.2 Å². The fraction of sp³-hybridized carbons (Fsp3) is 0.444. The van der Waals surface area contributed by atoms with Gasteiger partial charge in [-0.15, -0.1) is 0 Å². The van der Waals surface area contributed by atoms with E-state index in [0.717, 1.165) is 36.4 Å². The molecule has 0 N–H and O–H groups in total. The summed E-state index contributed by atoms with van der Waals surface area (Å²) in [5.41, 5.74) is 1.80. The first-order valence-corrected chi connectivity index (χ1v) is 8.43. The van der Waals surface area contributed by atoms with E-state index in [1.807, 2.05) is 35.2 Å². The Hall–Kier alpha value is -1.81. The summed E-state index contributed by atoms with van der Waals surface area (Å²) in [4.78, 5) is 14.6. The number of rotatable bonds is 4. The number of aromatic nitrogens is 1. The maximum atomic E-state index is 12.7. The van der Waals surface area contributed by atoms with Crippen LogP contribution in [-0.4, -0.2) is 22.5 Å². The second-order valence-electron chi connectivity index (χ2n) is 6.32. The van der Waals surface area contributed by atoms with Crippen LogP contribution in [0.25, 0.3) is 0 Å². The molecule has 0 unspecified atom stereocenters. The third-order valence-corrected chi connectivity index (χ3v) is 4.71. The Morgan fingerprint density at radius 2 is 2.22 bits per heavy atom. The lowest BCUT2D eigenvalue weighted by molar-refractivity contribution is -0.131. The van der Waals surface area contributed by atoms with E-state index in [-0.39, 0.29) is 11.9 Å². The molecule has 0 spiro atoms. The van der Waals surface area contributed by atoms with E-state index >= 15 is 0 Å². The van der Waals surface area contributed by atoms with Gasteiger partial charge in [-0.2, -0.15) is 0 Å². The first-order valence-electron chi connectivity index (χ1n) is 8.05.